The number of methoxy groups -OCH3 is 2. The third-order valence-electron chi connectivity index (χ3n) is 6.38. The molecular weight excluding hydrogens is 585 g/mol. The summed E-state index contributed by atoms with van der Waals surface area (Å²) in [5.41, 5.74) is 4.38. The second kappa shape index (κ2) is 15.1. The quantitative estimate of drug-likeness (QED) is 0.125. The lowest BCUT2D eigenvalue weighted by atomic mass is 10.0. The van der Waals surface area contributed by atoms with Gasteiger partial charge in [-0.3, -0.25) is 18.4 Å². The Morgan fingerprint density at radius 1 is 0.977 bits per heavy atom. The summed E-state index contributed by atoms with van der Waals surface area (Å²) in [6.07, 6.45) is 8.53. The number of carbonyl (C=O) groups excluding carboxylic acids is 1. The SMILES string of the molecule is CCOP(=O)(OCC)OCn1cc(-c2ccnc(OC)c2)c2cc(-c3cc(NC(=O)/C=C/CN(C)C)cc(OC)c3)cnc21. The van der Waals surface area contributed by atoms with E-state index in [2.05, 4.69) is 10.3 Å². The zero-order chi connectivity index (χ0) is 31.7. The lowest BCUT2D eigenvalue weighted by Gasteiger charge is -2.16. The van der Waals surface area contributed by atoms with Gasteiger partial charge in [0.25, 0.3) is 0 Å². The van der Waals surface area contributed by atoms with Crippen molar-refractivity contribution in [2.75, 3.05) is 53.4 Å². The van der Waals surface area contributed by atoms with Gasteiger partial charge in [-0.15, -0.1) is 0 Å². The number of hydrogen-bond acceptors (Lipinski definition) is 10. The molecule has 0 bridgehead atoms. The van der Waals surface area contributed by atoms with Gasteiger partial charge in [0.05, 0.1) is 27.4 Å². The first kappa shape index (κ1) is 32.8. The van der Waals surface area contributed by atoms with Crippen LogP contribution in [0.2, 0.25) is 0 Å². The number of nitrogens with zero attached hydrogens (tertiary/aromatic N) is 4. The molecule has 1 aromatic carbocycles. The summed E-state index contributed by atoms with van der Waals surface area (Å²) in [5, 5.41) is 3.70. The number of phosphoric ester groups is 1. The van der Waals surface area contributed by atoms with Crippen molar-refractivity contribution in [1.82, 2.24) is 19.4 Å². The Hall–Kier alpha value is -4.06. The number of nitrogens with one attached hydrogen (secondary N) is 1. The van der Waals surface area contributed by atoms with Crippen molar-refractivity contribution >= 4 is 30.5 Å². The van der Waals surface area contributed by atoms with Crippen molar-refractivity contribution in [2.24, 2.45) is 0 Å². The van der Waals surface area contributed by atoms with Crippen LogP contribution in [-0.2, 0) is 29.7 Å². The van der Waals surface area contributed by atoms with Crippen LogP contribution in [0.15, 0.2) is 67.1 Å². The Kier molecular flexibility index (Phi) is 11.3. The molecular formula is C31H38N5O7P. The second-order valence-electron chi connectivity index (χ2n) is 9.84. The lowest BCUT2D eigenvalue weighted by Crippen LogP contribution is -2.13. The molecule has 3 aromatic heterocycles. The van der Waals surface area contributed by atoms with E-state index in [9.17, 15) is 9.36 Å². The summed E-state index contributed by atoms with van der Waals surface area (Å²) in [6, 6.07) is 11.2. The molecule has 0 saturated carbocycles. The maximum atomic E-state index is 13.0. The van der Waals surface area contributed by atoms with E-state index in [0.717, 1.165) is 27.6 Å². The van der Waals surface area contributed by atoms with E-state index in [1.54, 1.807) is 57.2 Å². The fourth-order valence-corrected chi connectivity index (χ4v) is 5.54. The number of phosphoric acid groups is 1. The van der Waals surface area contributed by atoms with E-state index in [1.807, 2.05) is 55.5 Å². The molecule has 0 radical (unpaired) electrons. The van der Waals surface area contributed by atoms with Crippen molar-refractivity contribution in [3.8, 4) is 33.9 Å². The van der Waals surface area contributed by atoms with E-state index in [1.165, 1.54) is 6.08 Å². The third-order valence-corrected chi connectivity index (χ3v) is 7.96. The molecule has 44 heavy (non-hydrogen) atoms. The molecule has 0 aliphatic rings. The Morgan fingerprint density at radius 3 is 2.43 bits per heavy atom. The summed E-state index contributed by atoms with van der Waals surface area (Å²) >= 11 is 0. The van der Waals surface area contributed by atoms with E-state index in [-0.39, 0.29) is 25.9 Å². The normalized spacial score (nSPS) is 11.9. The van der Waals surface area contributed by atoms with Gasteiger partial charge >= 0.3 is 7.82 Å². The van der Waals surface area contributed by atoms with Gasteiger partial charge in [-0.2, -0.15) is 0 Å². The number of rotatable bonds is 15. The number of fused-ring (bicyclic) bond motifs is 1. The number of amides is 1. The molecule has 1 N–H and O–H groups in total. The van der Waals surface area contributed by atoms with Crippen LogP contribution in [0.3, 0.4) is 0 Å². The van der Waals surface area contributed by atoms with Crippen molar-refractivity contribution in [2.45, 2.75) is 20.6 Å². The molecule has 0 fully saturated rings. The maximum Gasteiger partial charge on any atom is 0.476 e. The highest BCUT2D eigenvalue weighted by Crippen LogP contribution is 2.50. The number of aromatic nitrogens is 3. The zero-order valence-electron chi connectivity index (χ0n) is 25.8. The van der Waals surface area contributed by atoms with Gasteiger partial charge in [0, 0.05) is 65.5 Å². The maximum absolute atomic E-state index is 13.0. The number of anilines is 1. The smallest absolute Gasteiger partial charge is 0.476 e. The van der Waals surface area contributed by atoms with Gasteiger partial charge in [-0.1, -0.05) is 6.08 Å². The molecule has 0 aliphatic carbocycles. The van der Waals surface area contributed by atoms with Crippen LogP contribution in [0, 0.1) is 0 Å². The minimum absolute atomic E-state index is 0.126. The summed E-state index contributed by atoms with van der Waals surface area (Å²) in [6.45, 7) is 4.29. The number of hydrogen-bond donors (Lipinski definition) is 1. The third kappa shape index (κ3) is 8.31. The Labute approximate surface area is 257 Å². The van der Waals surface area contributed by atoms with Crippen molar-refractivity contribution < 1.29 is 32.4 Å². The second-order valence-corrected chi connectivity index (χ2v) is 11.5. The van der Waals surface area contributed by atoms with Crippen LogP contribution in [0.25, 0.3) is 33.3 Å². The topological polar surface area (TPSA) is 126 Å². The highest BCUT2D eigenvalue weighted by molar-refractivity contribution is 7.48. The van der Waals surface area contributed by atoms with Crippen LogP contribution in [0.5, 0.6) is 11.6 Å². The molecule has 1 amide bonds. The molecule has 0 atom stereocenters. The van der Waals surface area contributed by atoms with Crippen molar-refractivity contribution in [3.05, 3.63) is 67.1 Å². The monoisotopic (exact) mass is 623 g/mol. The molecule has 4 rings (SSSR count). The molecule has 0 aliphatic heterocycles. The summed E-state index contributed by atoms with van der Waals surface area (Å²) in [5.74, 6) is 0.777. The van der Waals surface area contributed by atoms with Gasteiger partial charge < -0.3 is 24.3 Å². The molecule has 13 heteroatoms. The fourth-order valence-electron chi connectivity index (χ4n) is 4.42. The first-order chi connectivity index (χ1) is 21.2. The first-order valence-corrected chi connectivity index (χ1v) is 15.5. The van der Waals surface area contributed by atoms with Crippen LogP contribution in [0.1, 0.15) is 13.8 Å². The van der Waals surface area contributed by atoms with E-state index in [0.29, 0.717) is 29.5 Å². The molecule has 0 spiro atoms. The van der Waals surface area contributed by atoms with E-state index in [4.69, 9.17) is 28.0 Å². The number of carbonyl (C=O) groups is 1. The predicted octanol–water partition coefficient (Wildman–Crippen LogP) is 5.99. The highest BCUT2D eigenvalue weighted by Gasteiger charge is 2.26. The van der Waals surface area contributed by atoms with Gasteiger partial charge in [-0.25, -0.2) is 14.5 Å². The number of ether oxygens (including phenoxy) is 2. The average molecular weight is 624 g/mol. The number of pyridine rings is 2. The van der Waals surface area contributed by atoms with E-state index >= 15 is 0 Å². The minimum Gasteiger partial charge on any atom is -0.497 e. The van der Waals surface area contributed by atoms with Gasteiger partial charge in [0.1, 0.15) is 18.1 Å². The molecule has 0 saturated heterocycles. The average Bonchev–Trinajstić information content (AvgIpc) is 3.38. The molecule has 12 nitrogen and oxygen atoms in total. The summed E-state index contributed by atoms with van der Waals surface area (Å²) < 4.78 is 41.9. The van der Waals surface area contributed by atoms with Crippen molar-refractivity contribution in [1.29, 1.82) is 0 Å². The van der Waals surface area contributed by atoms with Crippen LogP contribution in [0.4, 0.5) is 5.69 Å². The van der Waals surface area contributed by atoms with Gasteiger partial charge in [0.2, 0.25) is 11.8 Å². The van der Waals surface area contributed by atoms with Crippen LogP contribution >= 0.6 is 7.82 Å². The van der Waals surface area contributed by atoms with Crippen molar-refractivity contribution in [3.63, 3.8) is 0 Å². The summed E-state index contributed by atoms with van der Waals surface area (Å²) in [4.78, 5) is 23.5. The first-order valence-electron chi connectivity index (χ1n) is 14.0. The lowest BCUT2D eigenvalue weighted by molar-refractivity contribution is -0.111. The van der Waals surface area contributed by atoms with E-state index < -0.39 is 7.82 Å². The van der Waals surface area contributed by atoms with Gasteiger partial charge in [-0.05, 0) is 63.3 Å². The Morgan fingerprint density at radius 2 is 1.75 bits per heavy atom. The number of likely N-dealkylation sites (N-methyl/N-ethyl adjacent to an activating group) is 1. The Balaban J connectivity index is 1.76. The Bertz CT molecular complexity index is 1660. The molecule has 3 heterocycles. The predicted molar refractivity (Wildman–Crippen MR) is 170 cm³/mol. The minimum atomic E-state index is -3.77. The number of benzene rings is 1. The molecule has 4 aromatic rings. The standard InChI is InChI=1S/C31H38N5O7P/c1-7-41-44(38,42-8-2)43-21-36-20-28(22-11-12-32-30(17-22)40-6)27-16-24(19-33-31(27)36)23-14-25(18-26(15-23)39-5)34-29(37)10-9-13-35(3)4/h9-12,14-20H,7-8,13,21H2,1-6H3,(H,34,37)/b10-9+. The van der Waals surface area contributed by atoms with Gasteiger partial charge in [0.15, 0.2) is 0 Å². The zero-order valence-corrected chi connectivity index (χ0v) is 26.7. The molecule has 234 valence electrons. The highest BCUT2D eigenvalue weighted by atomic mass is 31.2. The largest absolute Gasteiger partial charge is 0.497 e. The summed E-state index contributed by atoms with van der Waals surface area (Å²) in [7, 11) is 3.22. The van der Waals surface area contributed by atoms with Crippen LogP contribution in [-0.4, -0.2) is 73.4 Å². The van der Waals surface area contributed by atoms with Crippen LogP contribution < -0.4 is 14.8 Å². The molecule has 0 unspecified atom stereocenters. The fraction of sp³-hybridized carbons (Fsp3) is 0.323.